The van der Waals surface area contributed by atoms with E-state index >= 15 is 0 Å². The second-order valence-electron chi connectivity index (χ2n) is 10.7. The molecular formula is C29H35ClN2O5. The van der Waals surface area contributed by atoms with E-state index in [2.05, 4.69) is 5.32 Å². The highest BCUT2D eigenvalue weighted by molar-refractivity contribution is 6.30. The molecule has 2 aromatic rings. The third-order valence-corrected chi connectivity index (χ3v) is 6.73. The van der Waals surface area contributed by atoms with E-state index in [-0.39, 0.29) is 31.2 Å². The Morgan fingerprint density at radius 2 is 1.86 bits per heavy atom. The second kappa shape index (κ2) is 11.2. The fourth-order valence-electron chi connectivity index (χ4n) is 4.54. The van der Waals surface area contributed by atoms with E-state index in [4.69, 9.17) is 26.2 Å². The van der Waals surface area contributed by atoms with E-state index < -0.39 is 11.7 Å². The lowest BCUT2D eigenvalue weighted by Crippen LogP contribution is -2.46. The fraction of sp³-hybridized carbons (Fsp3) is 0.448. The Morgan fingerprint density at radius 3 is 2.49 bits per heavy atom. The Kier molecular flexibility index (Phi) is 8.14. The van der Waals surface area contributed by atoms with Gasteiger partial charge < -0.3 is 24.8 Å². The van der Waals surface area contributed by atoms with Crippen molar-refractivity contribution >= 4 is 29.2 Å². The number of carbonyl (C=O) groups excluding carboxylic acids is 2. The molecule has 0 radical (unpaired) electrons. The number of amides is 2. The van der Waals surface area contributed by atoms with Gasteiger partial charge in [0.25, 0.3) is 0 Å². The summed E-state index contributed by atoms with van der Waals surface area (Å²) in [5.41, 5.74) is 2.53. The predicted molar refractivity (Wildman–Crippen MR) is 144 cm³/mol. The summed E-state index contributed by atoms with van der Waals surface area (Å²) in [6, 6.07) is 15.2. The lowest BCUT2D eigenvalue weighted by atomic mass is 9.92. The molecule has 1 saturated carbocycles. The van der Waals surface area contributed by atoms with Crippen LogP contribution in [0.2, 0.25) is 5.02 Å². The van der Waals surface area contributed by atoms with Crippen molar-refractivity contribution in [3.8, 4) is 5.75 Å². The molecule has 8 heteroatoms. The SMILES string of the molecule is CC(C)(C)OC(=O)N1CCC(c2ccc(OCCO)cc2)=C(C(=O)NC2(Cc3cccc(Cl)c3)CC2)C1. The topological polar surface area (TPSA) is 88.1 Å². The summed E-state index contributed by atoms with van der Waals surface area (Å²) in [5.74, 6) is 0.484. The van der Waals surface area contributed by atoms with Crippen molar-refractivity contribution in [1.82, 2.24) is 10.2 Å². The zero-order valence-electron chi connectivity index (χ0n) is 21.7. The number of rotatable bonds is 8. The summed E-state index contributed by atoms with van der Waals surface area (Å²) >= 11 is 6.17. The summed E-state index contributed by atoms with van der Waals surface area (Å²) in [7, 11) is 0. The number of aliphatic hydroxyl groups is 1. The highest BCUT2D eigenvalue weighted by atomic mass is 35.5. The van der Waals surface area contributed by atoms with E-state index in [1.807, 2.05) is 69.3 Å². The molecule has 4 rings (SSSR count). The molecule has 0 bridgehead atoms. The zero-order valence-corrected chi connectivity index (χ0v) is 22.4. The molecule has 1 heterocycles. The summed E-state index contributed by atoms with van der Waals surface area (Å²) < 4.78 is 11.1. The fourth-order valence-corrected chi connectivity index (χ4v) is 4.75. The predicted octanol–water partition coefficient (Wildman–Crippen LogP) is 5.00. The largest absolute Gasteiger partial charge is 0.491 e. The van der Waals surface area contributed by atoms with Gasteiger partial charge in [-0.05, 0) is 87.4 Å². The smallest absolute Gasteiger partial charge is 0.410 e. The molecule has 7 nitrogen and oxygen atoms in total. The third kappa shape index (κ3) is 7.27. The minimum Gasteiger partial charge on any atom is -0.491 e. The average Bonchev–Trinajstić information content (AvgIpc) is 3.60. The number of benzene rings is 2. The van der Waals surface area contributed by atoms with Gasteiger partial charge in [-0.15, -0.1) is 0 Å². The number of nitrogens with zero attached hydrogens (tertiary/aromatic N) is 1. The van der Waals surface area contributed by atoms with Crippen LogP contribution in [0, 0.1) is 0 Å². The van der Waals surface area contributed by atoms with Crippen LogP contribution in [0.5, 0.6) is 5.75 Å². The number of nitrogens with one attached hydrogen (secondary N) is 1. The monoisotopic (exact) mass is 526 g/mol. The van der Waals surface area contributed by atoms with E-state index in [9.17, 15) is 9.59 Å². The third-order valence-electron chi connectivity index (χ3n) is 6.50. The molecule has 198 valence electrons. The van der Waals surface area contributed by atoms with Crippen molar-refractivity contribution in [2.24, 2.45) is 0 Å². The van der Waals surface area contributed by atoms with Gasteiger partial charge in [-0.3, -0.25) is 4.79 Å². The first-order chi connectivity index (χ1) is 17.6. The second-order valence-corrected chi connectivity index (χ2v) is 11.2. The van der Waals surface area contributed by atoms with Gasteiger partial charge in [0.1, 0.15) is 18.0 Å². The van der Waals surface area contributed by atoms with Crippen LogP contribution in [-0.2, 0) is 16.0 Å². The van der Waals surface area contributed by atoms with Crippen LogP contribution < -0.4 is 10.1 Å². The van der Waals surface area contributed by atoms with E-state index in [1.165, 1.54) is 0 Å². The van der Waals surface area contributed by atoms with Gasteiger partial charge in [-0.25, -0.2) is 4.79 Å². The molecule has 2 aliphatic rings. The first-order valence-electron chi connectivity index (χ1n) is 12.7. The molecule has 0 saturated heterocycles. The normalized spacial score (nSPS) is 16.8. The Bertz CT molecular complexity index is 1170. The summed E-state index contributed by atoms with van der Waals surface area (Å²) in [6.07, 6.45) is 2.58. The molecule has 1 aliphatic heterocycles. The highest BCUT2D eigenvalue weighted by Gasteiger charge is 2.45. The number of aliphatic hydroxyl groups excluding tert-OH is 1. The molecule has 2 N–H and O–H groups in total. The molecule has 1 aliphatic carbocycles. The maximum absolute atomic E-state index is 13.7. The molecule has 37 heavy (non-hydrogen) atoms. The minimum atomic E-state index is -0.622. The van der Waals surface area contributed by atoms with E-state index in [1.54, 1.807) is 4.90 Å². The van der Waals surface area contributed by atoms with Crippen LogP contribution in [0.25, 0.3) is 5.57 Å². The number of carbonyl (C=O) groups is 2. The lowest BCUT2D eigenvalue weighted by Gasteiger charge is -2.33. The molecule has 0 spiro atoms. The standard InChI is InChI=1S/C29H35ClN2O5/c1-28(2,3)37-27(35)32-14-11-24(21-7-9-23(10-8-21)36-16-15-33)25(19-32)26(34)31-29(12-13-29)18-20-5-4-6-22(30)17-20/h4-10,17,33H,11-16,18-19H2,1-3H3,(H,31,34). The Balaban J connectivity index is 1.58. The molecule has 2 amide bonds. The first kappa shape index (κ1) is 27.0. The van der Waals surface area contributed by atoms with Gasteiger partial charge in [0.05, 0.1) is 13.2 Å². The molecular weight excluding hydrogens is 492 g/mol. The molecule has 2 aromatic carbocycles. The number of ether oxygens (including phenoxy) is 2. The Labute approximate surface area is 223 Å². The summed E-state index contributed by atoms with van der Waals surface area (Å²) in [5, 5.41) is 13.0. The minimum absolute atomic E-state index is 0.0609. The molecule has 1 fully saturated rings. The number of hydrogen-bond acceptors (Lipinski definition) is 5. The van der Waals surface area contributed by atoms with Gasteiger partial charge in [-0.2, -0.15) is 0 Å². The highest BCUT2D eigenvalue weighted by Crippen LogP contribution is 2.40. The van der Waals surface area contributed by atoms with Gasteiger partial charge in [0.2, 0.25) is 5.91 Å². The van der Waals surface area contributed by atoms with Crippen molar-refractivity contribution in [2.45, 2.75) is 57.6 Å². The van der Waals surface area contributed by atoms with Crippen molar-refractivity contribution in [3.05, 3.63) is 70.3 Å². The van der Waals surface area contributed by atoms with E-state index in [0.717, 1.165) is 29.5 Å². The van der Waals surface area contributed by atoms with Gasteiger partial charge >= 0.3 is 6.09 Å². The first-order valence-corrected chi connectivity index (χ1v) is 13.1. The van der Waals surface area contributed by atoms with Crippen molar-refractivity contribution in [1.29, 1.82) is 0 Å². The van der Waals surface area contributed by atoms with Crippen LogP contribution in [-0.4, -0.2) is 59.5 Å². The zero-order chi connectivity index (χ0) is 26.6. The van der Waals surface area contributed by atoms with Crippen LogP contribution in [0.4, 0.5) is 4.79 Å². The van der Waals surface area contributed by atoms with Gasteiger partial charge in [0.15, 0.2) is 0 Å². The lowest BCUT2D eigenvalue weighted by molar-refractivity contribution is -0.118. The Morgan fingerprint density at radius 1 is 1.14 bits per heavy atom. The molecule has 0 aromatic heterocycles. The van der Waals surface area contributed by atoms with Crippen LogP contribution in [0.3, 0.4) is 0 Å². The maximum Gasteiger partial charge on any atom is 0.410 e. The summed E-state index contributed by atoms with van der Waals surface area (Å²) in [6.45, 7) is 6.28. The van der Waals surface area contributed by atoms with Crippen LogP contribution >= 0.6 is 11.6 Å². The number of halogens is 1. The summed E-state index contributed by atoms with van der Waals surface area (Å²) in [4.78, 5) is 28.2. The Hall–Kier alpha value is -3.03. The van der Waals surface area contributed by atoms with Crippen molar-refractivity contribution in [3.63, 3.8) is 0 Å². The van der Waals surface area contributed by atoms with Gasteiger partial charge in [-0.1, -0.05) is 35.9 Å². The van der Waals surface area contributed by atoms with Gasteiger partial charge in [0, 0.05) is 22.7 Å². The maximum atomic E-state index is 13.7. The van der Waals surface area contributed by atoms with E-state index in [0.29, 0.717) is 35.7 Å². The van der Waals surface area contributed by atoms with Crippen LogP contribution in [0.1, 0.15) is 51.2 Å². The molecule has 0 unspecified atom stereocenters. The number of hydrogen-bond donors (Lipinski definition) is 2. The molecule has 0 atom stereocenters. The average molecular weight is 527 g/mol. The quantitative estimate of drug-likeness (QED) is 0.505. The van der Waals surface area contributed by atoms with Crippen molar-refractivity contribution in [2.75, 3.05) is 26.3 Å². The van der Waals surface area contributed by atoms with Crippen LogP contribution in [0.15, 0.2) is 54.1 Å². The van der Waals surface area contributed by atoms with Crippen molar-refractivity contribution < 1.29 is 24.2 Å².